The molecule has 2 saturated heterocycles. The molecule has 1 amide bonds. The highest BCUT2D eigenvalue weighted by Gasteiger charge is 2.47. The Morgan fingerprint density at radius 1 is 1.28 bits per heavy atom. The lowest BCUT2D eigenvalue weighted by Gasteiger charge is -2.43. The number of rotatable bonds is 5. The average molecular weight is 388 g/mol. The molecule has 0 bridgehead atoms. The molecule has 25 heavy (non-hydrogen) atoms. The molecule has 0 radical (unpaired) electrons. The number of ether oxygens (including phenoxy) is 1. The number of piperazine rings is 1. The third-order valence-electron chi connectivity index (χ3n) is 5.01. The number of sulfone groups is 1. The van der Waals surface area contributed by atoms with Gasteiger partial charge in [-0.15, -0.1) is 11.3 Å². The molecule has 1 aromatic rings. The molecule has 9 heteroatoms. The number of amides is 1. The van der Waals surface area contributed by atoms with Gasteiger partial charge in [-0.1, -0.05) is 0 Å². The summed E-state index contributed by atoms with van der Waals surface area (Å²) in [6.45, 7) is 6.36. The van der Waals surface area contributed by atoms with E-state index in [4.69, 9.17) is 4.74 Å². The van der Waals surface area contributed by atoms with Gasteiger partial charge in [-0.3, -0.25) is 9.69 Å². The summed E-state index contributed by atoms with van der Waals surface area (Å²) in [6, 6.07) is -0.375. The molecule has 2 aliphatic rings. The Hall–Kier alpha value is -1.03. The lowest BCUT2D eigenvalue weighted by molar-refractivity contribution is -0.136. The van der Waals surface area contributed by atoms with Gasteiger partial charge in [0.05, 0.1) is 41.3 Å². The van der Waals surface area contributed by atoms with Crippen LogP contribution < -0.4 is 0 Å². The summed E-state index contributed by atoms with van der Waals surface area (Å²) in [6.07, 6.45) is 0.304. The lowest BCUT2D eigenvalue weighted by Crippen LogP contribution is -2.61. The van der Waals surface area contributed by atoms with Gasteiger partial charge in [0.25, 0.3) is 0 Å². The van der Waals surface area contributed by atoms with Gasteiger partial charge in [-0.25, -0.2) is 13.4 Å². The first kappa shape index (κ1) is 18.8. The molecule has 2 unspecified atom stereocenters. The summed E-state index contributed by atoms with van der Waals surface area (Å²) in [5.74, 6) is 0.197. The van der Waals surface area contributed by atoms with E-state index in [0.29, 0.717) is 32.7 Å². The van der Waals surface area contributed by atoms with Crippen molar-refractivity contribution in [2.45, 2.75) is 32.4 Å². The first-order valence-electron chi connectivity index (χ1n) is 8.46. The minimum absolute atomic E-state index is 0.00485. The normalized spacial score (nSPS) is 26.0. The smallest absolute Gasteiger partial charge is 0.228 e. The second-order valence-corrected chi connectivity index (χ2v) is 10.2. The van der Waals surface area contributed by atoms with E-state index in [0.717, 1.165) is 15.6 Å². The Bertz CT molecular complexity index is 747. The highest BCUT2D eigenvalue weighted by Crippen LogP contribution is 2.28. The number of hydrogen-bond acceptors (Lipinski definition) is 7. The van der Waals surface area contributed by atoms with Crippen LogP contribution in [0.25, 0.3) is 0 Å². The van der Waals surface area contributed by atoms with Crippen LogP contribution in [0, 0.1) is 13.8 Å². The zero-order valence-electron chi connectivity index (χ0n) is 14.9. The van der Waals surface area contributed by atoms with Crippen molar-refractivity contribution in [1.29, 1.82) is 0 Å². The topological polar surface area (TPSA) is 79.8 Å². The van der Waals surface area contributed by atoms with Crippen LogP contribution in [0.3, 0.4) is 0 Å². The summed E-state index contributed by atoms with van der Waals surface area (Å²) in [7, 11) is -1.48. The van der Waals surface area contributed by atoms with Crippen molar-refractivity contribution in [1.82, 2.24) is 14.8 Å². The largest absolute Gasteiger partial charge is 0.383 e. The summed E-state index contributed by atoms with van der Waals surface area (Å²) < 4.78 is 29.5. The van der Waals surface area contributed by atoms with Gasteiger partial charge >= 0.3 is 0 Å². The first-order chi connectivity index (χ1) is 11.8. The zero-order chi connectivity index (χ0) is 18.2. The van der Waals surface area contributed by atoms with Crippen molar-refractivity contribution in [2.24, 2.45) is 0 Å². The van der Waals surface area contributed by atoms with Gasteiger partial charge in [0.15, 0.2) is 9.84 Å². The molecule has 1 aromatic heterocycles. The van der Waals surface area contributed by atoms with Crippen LogP contribution in [0.4, 0.5) is 0 Å². The van der Waals surface area contributed by atoms with Crippen LogP contribution in [-0.2, 0) is 25.8 Å². The van der Waals surface area contributed by atoms with Gasteiger partial charge in [0.1, 0.15) is 0 Å². The molecule has 0 aliphatic carbocycles. The Labute approximate surface area is 152 Å². The fourth-order valence-corrected chi connectivity index (χ4v) is 6.74. The maximum atomic E-state index is 12.9. The number of carbonyl (C=O) groups excluding carboxylic acids is 1. The number of fused-ring (bicyclic) bond motifs is 1. The third-order valence-corrected chi connectivity index (χ3v) is 7.78. The molecule has 2 fully saturated rings. The minimum atomic E-state index is -3.12. The maximum absolute atomic E-state index is 12.9. The summed E-state index contributed by atoms with van der Waals surface area (Å²) in [5.41, 5.74) is 0.894. The Kier molecular flexibility index (Phi) is 5.48. The Morgan fingerprint density at radius 2 is 2.00 bits per heavy atom. The predicted octanol–water partition coefficient (Wildman–Crippen LogP) is 0.259. The lowest BCUT2D eigenvalue weighted by atomic mass is 10.0. The molecular formula is C16H25N3O4S2. The fraction of sp³-hybridized carbons (Fsp3) is 0.750. The molecule has 3 rings (SSSR count). The second-order valence-electron chi connectivity index (χ2n) is 6.75. The number of carbonyl (C=O) groups is 1. The van der Waals surface area contributed by atoms with Crippen LogP contribution in [0.1, 0.15) is 15.6 Å². The molecule has 7 nitrogen and oxygen atoms in total. The van der Waals surface area contributed by atoms with Gasteiger partial charge in [0.2, 0.25) is 5.91 Å². The van der Waals surface area contributed by atoms with E-state index in [9.17, 15) is 13.2 Å². The minimum Gasteiger partial charge on any atom is -0.383 e. The van der Waals surface area contributed by atoms with Crippen molar-refractivity contribution >= 4 is 27.1 Å². The number of aryl methyl sites for hydroxylation is 2. The summed E-state index contributed by atoms with van der Waals surface area (Å²) in [5, 5.41) is 0.950. The van der Waals surface area contributed by atoms with Crippen molar-refractivity contribution in [3.05, 3.63) is 15.6 Å². The standard InChI is InChI=1S/C16H25N3O4S2/c1-11-15(24-12(2)17-11)8-16(20)19-5-4-18(6-7-23-3)13-9-25(21,22)10-14(13)19/h13-14H,4-10H2,1-3H3. The number of methoxy groups -OCH3 is 1. The highest BCUT2D eigenvalue weighted by molar-refractivity contribution is 7.91. The van der Waals surface area contributed by atoms with E-state index >= 15 is 0 Å². The molecule has 0 aromatic carbocycles. The number of thiazole rings is 1. The van der Waals surface area contributed by atoms with E-state index < -0.39 is 9.84 Å². The van der Waals surface area contributed by atoms with E-state index in [1.807, 2.05) is 13.8 Å². The van der Waals surface area contributed by atoms with Gasteiger partial charge < -0.3 is 9.64 Å². The summed E-state index contributed by atoms with van der Waals surface area (Å²) >= 11 is 1.54. The van der Waals surface area contributed by atoms with E-state index in [1.54, 1.807) is 12.0 Å². The predicted molar refractivity (Wildman–Crippen MR) is 96.7 cm³/mol. The quantitative estimate of drug-likeness (QED) is 0.721. The van der Waals surface area contributed by atoms with Crippen LogP contribution in [-0.4, -0.2) is 86.0 Å². The van der Waals surface area contributed by atoms with E-state index in [2.05, 4.69) is 9.88 Å². The van der Waals surface area contributed by atoms with Crippen LogP contribution in [0.5, 0.6) is 0 Å². The number of aromatic nitrogens is 1. The molecule has 0 N–H and O–H groups in total. The van der Waals surface area contributed by atoms with Gasteiger partial charge in [-0.2, -0.15) is 0 Å². The van der Waals surface area contributed by atoms with Gasteiger partial charge in [0, 0.05) is 37.7 Å². The van der Waals surface area contributed by atoms with Gasteiger partial charge in [-0.05, 0) is 13.8 Å². The Balaban J connectivity index is 1.76. The molecular weight excluding hydrogens is 362 g/mol. The molecule has 2 atom stereocenters. The van der Waals surface area contributed by atoms with Crippen LogP contribution in [0.15, 0.2) is 0 Å². The SMILES string of the molecule is COCCN1CCN(C(=O)Cc2sc(C)nc2C)C2CS(=O)(=O)CC21. The third kappa shape index (κ3) is 4.05. The molecule has 0 saturated carbocycles. The highest BCUT2D eigenvalue weighted by atomic mass is 32.2. The molecule has 3 heterocycles. The second kappa shape index (κ2) is 7.30. The van der Waals surface area contributed by atoms with Crippen LogP contribution in [0.2, 0.25) is 0 Å². The van der Waals surface area contributed by atoms with Crippen molar-refractivity contribution in [3.63, 3.8) is 0 Å². The first-order valence-corrected chi connectivity index (χ1v) is 11.1. The Morgan fingerprint density at radius 3 is 2.64 bits per heavy atom. The van der Waals surface area contributed by atoms with E-state index in [1.165, 1.54) is 11.3 Å². The molecule has 140 valence electrons. The summed E-state index contributed by atoms with van der Waals surface area (Å²) in [4.78, 5) is 22.2. The molecule has 0 spiro atoms. The maximum Gasteiger partial charge on any atom is 0.228 e. The van der Waals surface area contributed by atoms with Crippen molar-refractivity contribution in [3.8, 4) is 0 Å². The van der Waals surface area contributed by atoms with Crippen LogP contribution >= 0.6 is 11.3 Å². The van der Waals surface area contributed by atoms with E-state index in [-0.39, 0.29) is 29.5 Å². The zero-order valence-corrected chi connectivity index (χ0v) is 16.5. The number of nitrogens with zero attached hydrogens (tertiary/aromatic N) is 3. The van der Waals surface area contributed by atoms with Crippen molar-refractivity contribution < 1.29 is 17.9 Å². The number of hydrogen-bond donors (Lipinski definition) is 0. The monoisotopic (exact) mass is 387 g/mol. The molecule has 2 aliphatic heterocycles. The van der Waals surface area contributed by atoms with Crippen molar-refractivity contribution in [2.75, 3.05) is 44.9 Å². The average Bonchev–Trinajstić information content (AvgIpc) is 3.02. The fourth-order valence-electron chi connectivity index (χ4n) is 3.80.